The number of hydrogen-bond donors (Lipinski definition) is 1. The normalized spacial score (nSPS) is 15.9. The van der Waals surface area contributed by atoms with E-state index in [0.29, 0.717) is 6.42 Å². The van der Waals surface area contributed by atoms with Gasteiger partial charge in [-0.1, -0.05) is 0 Å². The minimum Gasteiger partial charge on any atom is -0.316 e. The Kier molecular flexibility index (Phi) is 5.82. The third kappa shape index (κ3) is 4.64. The zero-order chi connectivity index (χ0) is 11.2. The van der Waals surface area contributed by atoms with Gasteiger partial charge in [0.2, 0.25) is 0 Å². The quantitative estimate of drug-likeness (QED) is 0.529. The van der Waals surface area contributed by atoms with Gasteiger partial charge in [-0.15, -0.1) is 12.3 Å². The van der Waals surface area contributed by atoms with Crippen molar-refractivity contribution in [3.05, 3.63) is 0 Å². The molecule has 0 aliphatic rings. The van der Waals surface area contributed by atoms with Crippen molar-refractivity contribution in [2.75, 3.05) is 13.3 Å². The van der Waals surface area contributed by atoms with Crippen molar-refractivity contribution in [1.29, 1.82) is 0 Å². The maximum atomic E-state index is 11.3. The summed E-state index contributed by atoms with van der Waals surface area (Å²) < 4.78 is 22.6. The first-order valence-corrected chi connectivity index (χ1v) is 6.68. The van der Waals surface area contributed by atoms with Crippen molar-refractivity contribution in [3.8, 4) is 12.3 Å². The molecule has 0 amide bonds. The first-order chi connectivity index (χ1) is 6.43. The molecule has 82 valence electrons. The van der Waals surface area contributed by atoms with Crippen molar-refractivity contribution in [1.82, 2.24) is 5.32 Å². The van der Waals surface area contributed by atoms with Gasteiger partial charge in [0.25, 0.3) is 0 Å². The number of unbranched alkanes of at least 4 members (excludes halogenated alkanes) is 1. The van der Waals surface area contributed by atoms with Crippen molar-refractivity contribution in [2.24, 2.45) is 0 Å². The van der Waals surface area contributed by atoms with Gasteiger partial charge >= 0.3 is 0 Å². The number of sulfone groups is 1. The van der Waals surface area contributed by atoms with Crippen LogP contribution in [0.1, 0.15) is 26.2 Å². The molecular formula is C10H19NO2S. The van der Waals surface area contributed by atoms with Crippen molar-refractivity contribution in [2.45, 2.75) is 37.5 Å². The summed E-state index contributed by atoms with van der Waals surface area (Å²) in [4.78, 5) is 0. The summed E-state index contributed by atoms with van der Waals surface area (Å²) in [6.07, 6.45) is 8.76. The number of rotatable bonds is 6. The molecule has 0 spiro atoms. The molecule has 0 aromatic carbocycles. The third-order valence-electron chi connectivity index (χ3n) is 2.45. The molecule has 0 saturated heterocycles. The minimum atomic E-state index is -2.97. The highest BCUT2D eigenvalue weighted by atomic mass is 32.2. The van der Waals surface area contributed by atoms with E-state index < -0.39 is 9.84 Å². The van der Waals surface area contributed by atoms with E-state index in [-0.39, 0.29) is 11.3 Å². The maximum Gasteiger partial charge on any atom is 0.151 e. The predicted molar refractivity (Wildman–Crippen MR) is 59.8 cm³/mol. The van der Waals surface area contributed by atoms with Gasteiger partial charge in [0.05, 0.1) is 5.25 Å². The van der Waals surface area contributed by atoms with E-state index in [1.54, 1.807) is 14.0 Å². The third-order valence-corrected chi connectivity index (χ3v) is 4.13. The molecule has 0 rings (SSSR count). The second-order valence-electron chi connectivity index (χ2n) is 3.53. The fourth-order valence-corrected chi connectivity index (χ4v) is 2.21. The molecule has 2 atom stereocenters. The highest BCUT2D eigenvalue weighted by Crippen LogP contribution is 2.10. The van der Waals surface area contributed by atoms with Crippen LogP contribution in [0.15, 0.2) is 0 Å². The van der Waals surface area contributed by atoms with Gasteiger partial charge in [-0.2, -0.15) is 0 Å². The van der Waals surface area contributed by atoms with Gasteiger partial charge in [-0.05, 0) is 26.8 Å². The number of nitrogens with one attached hydrogen (secondary N) is 1. The highest BCUT2D eigenvalue weighted by Gasteiger charge is 2.23. The Morgan fingerprint density at radius 3 is 2.43 bits per heavy atom. The molecule has 0 aliphatic heterocycles. The van der Waals surface area contributed by atoms with Crippen LogP contribution in [0.5, 0.6) is 0 Å². The Morgan fingerprint density at radius 2 is 2.07 bits per heavy atom. The van der Waals surface area contributed by atoms with Crippen molar-refractivity contribution in [3.63, 3.8) is 0 Å². The first-order valence-electron chi connectivity index (χ1n) is 4.73. The standard InChI is InChI=1S/C10H19NO2S/c1-5-6-7-8-10(11-3)9(2)14(4,12)13/h1,9-11H,6-8H2,2-4H3. The Bertz CT molecular complexity index is 290. The van der Waals surface area contributed by atoms with Crippen LogP contribution in [0, 0.1) is 12.3 Å². The van der Waals surface area contributed by atoms with Gasteiger partial charge in [0, 0.05) is 18.7 Å². The number of terminal acetylenes is 1. The molecule has 0 bridgehead atoms. The molecule has 0 fully saturated rings. The first kappa shape index (κ1) is 13.5. The zero-order valence-corrected chi connectivity index (χ0v) is 9.89. The molecule has 2 unspecified atom stereocenters. The molecule has 0 radical (unpaired) electrons. The van der Waals surface area contributed by atoms with E-state index >= 15 is 0 Å². The SMILES string of the molecule is C#CCCCC(NC)C(C)S(C)(=O)=O. The molecule has 3 nitrogen and oxygen atoms in total. The smallest absolute Gasteiger partial charge is 0.151 e. The van der Waals surface area contributed by atoms with E-state index in [2.05, 4.69) is 11.2 Å². The molecule has 0 saturated carbocycles. The van der Waals surface area contributed by atoms with Crippen LogP contribution in [0.4, 0.5) is 0 Å². The van der Waals surface area contributed by atoms with Crippen LogP contribution >= 0.6 is 0 Å². The lowest BCUT2D eigenvalue weighted by molar-refractivity contribution is 0.482. The van der Waals surface area contributed by atoms with Gasteiger partial charge < -0.3 is 5.32 Å². The van der Waals surface area contributed by atoms with Gasteiger partial charge in [-0.25, -0.2) is 8.42 Å². The molecule has 0 aromatic rings. The molecule has 14 heavy (non-hydrogen) atoms. The van der Waals surface area contributed by atoms with Gasteiger partial charge in [0.15, 0.2) is 9.84 Å². The lowest BCUT2D eigenvalue weighted by Gasteiger charge is -2.21. The summed E-state index contributed by atoms with van der Waals surface area (Å²) in [6, 6.07) is -0.00153. The van der Waals surface area contributed by atoms with Crippen molar-refractivity contribution < 1.29 is 8.42 Å². The molecule has 4 heteroatoms. The van der Waals surface area contributed by atoms with E-state index in [1.807, 2.05) is 0 Å². The monoisotopic (exact) mass is 217 g/mol. The second kappa shape index (κ2) is 6.05. The fourth-order valence-electron chi connectivity index (χ4n) is 1.34. The van der Waals surface area contributed by atoms with Crippen LogP contribution < -0.4 is 5.32 Å². The topological polar surface area (TPSA) is 46.2 Å². The van der Waals surface area contributed by atoms with E-state index in [9.17, 15) is 8.42 Å². The number of hydrogen-bond acceptors (Lipinski definition) is 3. The molecular weight excluding hydrogens is 198 g/mol. The van der Waals surface area contributed by atoms with Crippen LogP contribution in [0.2, 0.25) is 0 Å². The Labute approximate surface area is 87.2 Å². The fraction of sp³-hybridized carbons (Fsp3) is 0.800. The summed E-state index contributed by atoms with van der Waals surface area (Å²) in [6.45, 7) is 1.73. The van der Waals surface area contributed by atoms with E-state index in [1.165, 1.54) is 6.26 Å². The Balaban J connectivity index is 4.22. The average molecular weight is 217 g/mol. The van der Waals surface area contributed by atoms with Crippen molar-refractivity contribution >= 4 is 9.84 Å². The summed E-state index contributed by atoms with van der Waals surface area (Å²) in [5.41, 5.74) is 0. The van der Waals surface area contributed by atoms with Crippen LogP contribution in [0.3, 0.4) is 0 Å². The Hall–Kier alpha value is -0.530. The van der Waals surface area contributed by atoms with E-state index in [4.69, 9.17) is 6.42 Å². The molecule has 0 aromatic heterocycles. The molecule has 1 N–H and O–H groups in total. The largest absolute Gasteiger partial charge is 0.316 e. The zero-order valence-electron chi connectivity index (χ0n) is 9.08. The maximum absolute atomic E-state index is 11.3. The minimum absolute atomic E-state index is 0.00153. The van der Waals surface area contributed by atoms with Gasteiger partial charge in [0.1, 0.15) is 0 Å². The molecule has 0 heterocycles. The Morgan fingerprint density at radius 1 is 1.50 bits per heavy atom. The average Bonchev–Trinajstić information content (AvgIpc) is 2.10. The van der Waals surface area contributed by atoms with Crippen LogP contribution in [0.25, 0.3) is 0 Å². The van der Waals surface area contributed by atoms with Crippen LogP contribution in [-0.2, 0) is 9.84 Å². The summed E-state index contributed by atoms with van der Waals surface area (Å²) in [5.74, 6) is 2.55. The molecule has 0 aliphatic carbocycles. The summed E-state index contributed by atoms with van der Waals surface area (Å²) >= 11 is 0. The summed E-state index contributed by atoms with van der Waals surface area (Å²) in [5, 5.41) is 2.66. The predicted octanol–water partition coefficient (Wildman–Crippen LogP) is 0.811. The van der Waals surface area contributed by atoms with Crippen LogP contribution in [-0.4, -0.2) is 33.0 Å². The second-order valence-corrected chi connectivity index (χ2v) is 5.93. The highest BCUT2D eigenvalue weighted by molar-refractivity contribution is 7.91. The van der Waals surface area contributed by atoms with E-state index in [0.717, 1.165) is 12.8 Å². The lowest BCUT2D eigenvalue weighted by Crippen LogP contribution is -2.40. The lowest BCUT2D eigenvalue weighted by atomic mass is 10.1. The van der Waals surface area contributed by atoms with Gasteiger partial charge in [-0.3, -0.25) is 0 Å². The summed E-state index contributed by atoms with van der Waals surface area (Å²) in [7, 11) is -1.19.